The van der Waals surface area contributed by atoms with E-state index in [1.165, 1.54) is 30.7 Å². The molecule has 0 bridgehead atoms. The van der Waals surface area contributed by atoms with Gasteiger partial charge in [-0.2, -0.15) is 0 Å². The first kappa shape index (κ1) is 22.7. The lowest BCUT2D eigenvalue weighted by Gasteiger charge is -2.35. The molecular weight excluding hydrogens is 400 g/mol. The quantitative estimate of drug-likeness (QED) is 0.530. The molecule has 9 nitrogen and oxygen atoms in total. The molecule has 1 saturated carbocycles. The number of non-ortho nitro benzene ring substituents is 1. The van der Waals surface area contributed by atoms with E-state index in [4.69, 9.17) is 0 Å². The number of nitro groups is 1. The second-order valence-electron chi connectivity index (χ2n) is 8.45. The maximum atomic E-state index is 12.7. The Morgan fingerprint density at radius 1 is 1.10 bits per heavy atom. The molecule has 168 valence electrons. The summed E-state index contributed by atoms with van der Waals surface area (Å²) in [6, 6.07) is 4.55. The molecule has 0 aromatic heterocycles. The van der Waals surface area contributed by atoms with E-state index in [0.29, 0.717) is 25.9 Å². The number of piperidine rings is 1. The van der Waals surface area contributed by atoms with E-state index in [1.807, 2.05) is 4.90 Å². The third-order valence-corrected chi connectivity index (χ3v) is 6.17. The summed E-state index contributed by atoms with van der Waals surface area (Å²) < 4.78 is 0. The van der Waals surface area contributed by atoms with Gasteiger partial charge < -0.3 is 15.5 Å². The maximum absolute atomic E-state index is 12.7. The average molecular weight is 431 g/mol. The smallest absolute Gasteiger partial charge is 0.270 e. The van der Waals surface area contributed by atoms with E-state index in [0.717, 1.165) is 25.7 Å². The van der Waals surface area contributed by atoms with Crippen LogP contribution in [-0.2, 0) is 9.59 Å². The number of carbonyl (C=O) groups excluding carboxylic acids is 3. The van der Waals surface area contributed by atoms with E-state index < -0.39 is 16.9 Å². The fourth-order valence-electron chi connectivity index (χ4n) is 4.28. The van der Waals surface area contributed by atoms with Crippen molar-refractivity contribution in [2.75, 3.05) is 13.1 Å². The lowest BCUT2D eigenvalue weighted by Crippen LogP contribution is -2.52. The molecule has 1 aromatic carbocycles. The monoisotopic (exact) mass is 430 g/mol. The number of nitro benzene ring substituents is 1. The Hall–Kier alpha value is -2.97. The van der Waals surface area contributed by atoms with Gasteiger partial charge in [0.25, 0.3) is 11.6 Å². The Morgan fingerprint density at radius 3 is 2.42 bits per heavy atom. The summed E-state index contributed by atoms with van der Waals surface area (Å²) in [7, 11) is 0. The highest BCUT2D eigenvalue weighted by Crippen LogP contribution is 2.26. The fraction of sp³-hybridized carbons (Fsp3) is 0.591. The van der Waals surface area contributed by atoms with E-state index >= 15 is 0 Å². The van der Waals surface area contributed by atoms with E-state index in [2.05, 4.69) is 10.6 Å². The summed E-state index contributed by atoms with van der Waals surface area (Å²) in [5.41, 5.74) is -0.0531. The minimum atomic E-state index is -0.784. The first-order valence-electron chi connectivity index (χ1n) is 11.0. The van der Waals surface area contributed by atoms with Crippen molar-refractivity contribution in [2.45, 2.75) is 64.0 Å². The predicted molar refractivity (Wildman–Crippen MR) is 114 cm³/mol. The molecule has 9 heteroatoms. The van der Waals surface area contributed by atoms with E-state index in [-0.39, 0.29) is 35.0 Å². The number of carbonyl (C=O) groups is 3. The molecule has 1 saturated heterocycles. The minimum Gasteiger partial charge on any atom is -0.351 e. The molecule has 0 spiro atoms. The van der Waals surface area contributed by atoms with Gasteiger partial charge in [0, 0.05) is 42.7 Å². The summed E-state index contributed by atoms with van der Waals surface area (Å²) in [5.74, 6) is -0.443. The molecule has 1 atom stereocenters. The minimum absolute atomic E-state index is 0.0416. The van der Waals surface area contributed by atoms with E-state index in [1.54, 1.807) is 6.92 Å². The topological polar surface area (TPSA) is 122 Å². The van der Waals surface area contributed by atoms with Gasteiger partial charge in [-0.15, -0.1) is 0 Å². The average Bonchev–Trinajstić information content (AvgIpc) is 2.79. The first-order chi connectivity index (χ1) is 14.8. The molecule has 3 amide bonds. The van der Waals surface area contributed by atoms with Crippen LogP contribution in [-0.4, -0.2) is 52.7 Å². The highest BCUT2D eigenvalue weighted by atomic mass is 16.6. The summed E-state index contributed by atoms with van der Waals surface area (Å²) in [6.07, 6.45) is 6.82. The second kappa shape index (κ2) is 10.4. The Balaban J connectivity index is 1.45. The van der Waals surface area contributed by atoms with Gasteiger partial charge in [-0.05, 0) is 38.7 Å². The van der Waals surface area contributed by atoms with Crippen LogP contribution in [0.2, 0.25) is 0 Å². The Bertz CT molecular complexity index is 829. The zero-order valence-corrected chi connectivity index (χ0v) is 17.8. The Kier molecular flexibility index (Phi) is 7.59. The van der Waals surface area contributed by atoms with Crippen molar-refractivity contribution in [2.24, 2.45) is 5.92 Å². The van der Waals surface area contributed by atoms with Crippen molar-refractivity contribution >= 4 is 23.4 Å². The van der Waals surface area contributed by atoms with Crippen LogP contribution in [0.5, 0.6) is 0 Å². The zero-order chi connectivity index (χ0) is 22.4. The molecule has 0 radical (unpaired) electrons. The summed E-state index contributed by atoms with van der Waals surface area (Å²) in [5, 5.41) is 16.4. The molecule has 1 aliphatic heterocycles. The SMILES string of the molecule is CC(NC(=O)c1cccc([N+](=O)[O-])c1)C(=O)NC1CCN(C(=O)C2CCCCC2)CC1. The van der Waals surface area contributed by atoms with Crippen molar-refractivity contribution in [3.8, 4) is 0 Å². The third kappa shape index (κ3) is 6.02. The molecule has 3 rings (SSSR count). The van der Waals surface area contributed by atoms with Crippen LogP contribution in [0.3, 0.4) is 0 Å². The van der Waals surface area contributed by atoms with Gasteiger partial charge in [-0.3, -0.25) is 24.5 Å². The molecule has 1 unspecified atom stereocenters. The number of nitrogens with one attached hydrogen (secondary N) is 2. The highest BCUT2D eigenvalue weighted by molar-refractivity contribution is 5.97. The van der Waals surface area contributed by atoms with Crippen LogP contribution in [0.1, 0.15) is 62.2 Å². The van der Waals surface area contributed by atoms with Crippen LogP contribution >= 0.6 is 0 Å². The molecule has 2 aliphatic rings. The van der Waals surface area contributed by atoms with Crippen LogP contribution in [0.4, 0.5) is 5.69 Å². The second-order valence-corrected chi connectivity index (χ2v) is 8.45. The van der Waals surface area contributed by atoms with Gasteiger partial charge >= 0.3 is 0 Å². The Morgan fingerprint density at radius 2 is 1.77 bits per heavy atom. The Labute approximate surface area is 181 Å². The van der Waals surface area contributed by atoms with Crippen molar-refractivity contribution in [1.82, 2.24) is 15.5 Å². The van der Waals surface area contributed by atoms with Gasteiger partial charge in [-0.1, -0.05) is 25.3 Å². The van der Waals surface area contributed by atoms with E-state index in [9.17, 15) is 24.5 Å². The van der Waals surface area contributed by atoms with Crippen LogP contribution < -0.4 is 10.6 Å². The number of nitrogens with zero attached hydrogens (tertiary/aromatic N) is 2. The molecule has 1 aromatic rings. The normalized spacial score (nSPS) is 18.8. The molecule has 1 aliphatic carbocycles. The summed E-state index contributed by atoms with van der Waals surface area (Å²) >= 11 is 0. The number of hydrogen-bond donors (Lipinski definition) is 2. The molecular formula is C22H30N4O5. The van der Waals surface area contributed by atoms with Crippen molar-refractivity contribution < 1.29 is 19.3 Å². The molecule has 1 heterocycles. The fourth-order valence-corrected chi connectivity index (χ4v) is 4.28. The van der Waals surface area contributed by atoms with Crippen LogP contribution in [0, 0.1) is 16.0 Å². The van der Waals surface area contributed by atoms with Gasteiger partial charge in [-0.25, -0.2) is 0 Å². The highest BCUT2D eigenvalue weighted by Gasteiger charge is 2.30. The largest absolute Gasteiger partial charge is 0.351 e. The van der Waals surface area contributed by atoms with Crippen molar-refractivity contribution in [3.63, 3.8) is 0 Å². The van der Waals surface area contributed by atoms with Crippen molar-refractivity contribution in [1.29, 1.82) is 0 Å². The van der Waals surface area contributed by atoms with Gasteiger partial charge in [0.1, 0.15) is 6.04 Å². The zero-order valence-electron chi connectivity index (χ0n) is 17.8. The number of amides is 3. The van der Waals surface area contributed by atoms with Gasteiger partial charge in [0.2, 0.25) is 11.8 Å². The maximum Gasteiger partial charge on any atom is 0.270 e. The van der Waals surface area contributed by atoms with Crippen LogP contribution in [0.25, 0.3) is 0 Å². The molecule has 2 fully saturated rings. The predicted octanol–water partition coefficient (Wildman–Crippen LogP) is 2.40. The standard InChI is InChI=1S/C22H30N4O5/c1-15(23-21(28)17-8-5-9-19(14-17)26(30)31)20(27)24-18-10-12-25(13-11-18)22(29)16-6-3-2-4-7-16/h5,8-9,14-16,18H,2-4,6-7,10-13H2,1H3,(H,23,28)(H,24,27). The molecule has 31 heavy (non-hydrogen) atoms. The molecule has 2 N–H and O–H groups in total. The summed E-state index contributed by atoms with van der Waals surface area (Å²) in [6.45, 7) is 2.84. The summed E-state index contributed by atoms with van der Waals surface area (Å²) in [4.78, 5) is 49.7. The first-order valence-corrected chi connectivity index (χ1v) is 11.0. The van der Waals surface area contributed by atoms with Gasteiger partial charge in [0.05, 0.1) is 4.92 Å². The number of hydrogen-bond acceptors (Lipinski definition) is 5. The lowest BCUT2D eigenvalue weighted by molar-refractivity contribution is -0.384. The number of benzene rings is 1. The lowest BCUT2D eigenvalue weighted by atomic mass is 9.87. The third-order valence-electron chi connectivity index (χ3n) is 6.17. The number of rotatable bonds is 6. The van der Waals surface area contributed by atoms with Crippen LogP contribution in [0.15, 0.2) is 24.3 Å². The van der Waals surface area contributed by atoms with Crippen molar-refractivity contribution in [3.05, 3.63) is 39.9 Å². The van der Waals surface area contributed by atoms with Gasteiger partial charge in [0.15, 0.2) is 0 Å². The number of likely N-dealkylation sites (tertiary alicyclic amines) is 1.